The summed E-state index contributed by atoms with van der Waals surface area (Å²) in [6, 6.07) is 8.25. The first-order chi connectivity index (χ1) is 11.5. The summed E-state index contributed by atoms with van der Waals surface area (Å²) in [6.07, 6.45) is 2.78. The zero-order chi connectivity index (χ0) is 17.1. The van der Waals surface area contributed by atoms with Crippen LogP contribution < -0.4 is 5.56 Å². The molecule has 2 heterocycles. The Bertz CT molecular complexity index is 1020. The third kappa shape index (κ3) is 1.99. The highest BCUT2D eigenvalue weighted by Gasteiger charge is 2.36. The fraction of sp³-hybridized carbons (Fsp3) is 0.389. The first-order valence-corrected chi connectivity index (χ1v) is 9.36. The van der Waals surface area contributed by atoms with Gasteiger partial charge in [0.2, 0.25) is 5.78 Å². The fourth-order valence-corrected chi connectivity index (χ4v) is 4.19. The van der Waals surface area contributed by atoms with Gasteiger partial charge in [-0.2, -0.15) is 0 Å². The molecular weight excluding hydrogens is 320 g/mol. The third-order valence-corrected chi connectivity index (χ3v) is 5.39. The highest BCUT2D eigenvalue weighted by molar-refractivity contribution is 7.98. The van der Waals surface area contributed by atoms with Gasteiger partial charge in [-0.15, -0.1) is 5.10 Å². The van der Waals surface area contributed by atoms with E-state index in [0.29, 0.717) is 17.5 Å². The number of aryl methyl sites for hydroxylation is 1. The van der Waals surface area contributed by atoms with Gasteiger partial charge in [0.05, 0.1) is 11.3 Å². The standard InChI is InChI=1S/C18H20N4OS/c1-5-21-16-19-14-12-9-7-6-8-11(12)10-18(2,3)13(14)15(23)22(16)17(20-21)24-4/h6-9H,5,10H2,1-4H3. The van der Waals surface area contributed by atoms with Crippen LogP contribution in [0.1, 0.15) is 31.9 Å². The molecule has 124 valence electrons. The molecule has 0 fully saturated rings. The Labute approximate surface area is 144 Å². The van der Waals surface area contributed by atoms with E-state index in [4.69, 9.17) is 4.98 Å². The predicted molar refractivity (Wildman–Crippen MR) is 96.9 cm³/mol. The molecule has 0 bridgehead atoms. The van der Waals surface area contributed by atoms with Crippen LogP contribution in [0.25, 0.3) is 17.0 Å². The normalized spacial score (nSPS) is 15.3. The van der Waals surface area contributed by atoms with E-state index >= 15 is 0 Å². The van der Waals surface area contributed by atoms with Gasteiger partial charge in [-0.1, -0.05) is 49.9 Å². The first-order valence-electron chi connectivity index (χ1n) is 8.14. The highest BCUT2D eigenvalue weighted by Crippen LogP contribution is 2.40. The van der Waals surface area contributed by atoms with Crippen molar-refractivity contribution < 1.29 is 0 Å². The van der Waals surface area contributed by atoms with Crippen LogP contribution in [0.15, 0.2) is 34.2 Å². The molecule has 0 N–H and O–H groups in total. The molecule has 0 saturated carbocycles. The predicted octanol–water partition coefficient (Wildman–Crippen LogP) is 3.13. The summed E-state index contributed by atoms with van der Waals surface area (Å²) in [6.45, 7) is 6.95. The van der Waals surface area contributed by atoms with E-state index < -0.39 is 0 Å². The maximum absolute atomic E-state index is 13.4. The molecule has 5 nitrogen and oxygen atoms in total. The van der Waals surface area contributed by atoms with E-state index in [0.717, 1.165) is 23.2 Å². The number of hydrogen-bond acceptors (Lipinski definition) is 4. The van der Waals surface area contributed by atoms with Crippen LogP contribution in [-0.2, 0) is 18.4 Å². The first kappa shape index (κ1) is 15.4. The maximum Gasteiger partial charge on any atom is 0.265 e. The van der Waals surface area contributed by atoms with Crippen molar-refractivity contribution in [1.82, 2.24) is 19.2 Å². The summed E-state index contributed by atoms with van der Waals surface area (Å²) in [5.41, 5.74) is 3.69. The lowest BCUT2D eigenvalue weighted by molar-refractivity contribution is 0.505. The van der Waals surface area contributed by atoms with Gasteiger partial charge in [-0.25, -0.2) is 14.1 Å². The molecule has 6 heteroatoms. The van der Waals surface area contributed by atoms with Crippen molar-refractivity contribution in [2.24, 2.45) is 0 Å². The number of rotatable bonds is 2. The monoisotopic (exact) mass is 340 g/mol. The highest BCUT2D eigenvalue weighted by atomic mass is 32.2. The van der Waals surface area contributed by atoms with Crippen LogP contribution >= 0.6 is 11.8 Å². The van der Waals surface area contributed by atoms with E-state index in [-0.39, 0.29) is 11.0 Å². The molecule has 0 amide bonds. The van der Waals surface area contributed by atoms with Crippen LogP contribution in [0.5, 0.6) is 0 Å². The number of fused-ring (bicyclic) bond motifs is 4. The molecule has 3 aromatic rings. The van der Waals surface area contributed by atoms with Gasteiger partial charge < -0.3 is 0 Å². The quantitative estimate of drug-likeness (QED) is 0.673. The Hall–Kier alpha value is -2.08. The Kier molecular flexibility index (Phi) is 3.35. The van der Waals surface area contributed by atoms with E-state index in [1.807, 2.05) is 25.3 Å². The topological polar surface area (TPSA) is 52.2 Å². The molecule has 1 aliphatic carbocycles. The zero-order valence-electron chi connectivity index (χ0n) is 14.3. The van der Waals surface area contributed by atoms with Gasteiger partial charge >= 0.3 is 0 Å². The molecule has 0 radical (unpaired) electrons. The minimum atomic E-state index is -0.251. The lowest BCUT2D eigenvalue weighted by Gasteiger charge is -2.32. The lowest BCUT2D eigenvalue weighted by Crippen LogP contribution is -2.36. The lowest BCUT2D eigenvalue weighted by atomic mass is 9.72. The Balaban J connectivity index is 2.19. The maximum atomic E-state index is 13.4. The van der Waals surface area contributed by atoms with Crippen LogP contribution in [0.4, 0.5) is 0 Å². The number of benzene rings is 1. The minimum Gasteiger partial charge on any atom is -0.268 e. The summed E-state index contributed by atoms with van der Waals surface area (Å²) < 4.78 is 3.47. The van der Waals surface area contributed by atoms with Gasteiger partial charge in [0.1, 0.15) is 0 Å². The number of hydrogen-bond donors (Lipinski definition) is 0. The van der Waals surface area contributed by atoms with Crippen molar-refractivity contribution in [3.63, 3.8) is 0 Å². The number of aromatic nitrogens is 4. The molecule has 0 spiro atoms. The van der Waals surface area contributed by atoms with Gasteiger partial charge in [0.25, 0.3) is 5.56 Å². The molecule has 0 aliphatic heterocycles. The van der Waals surface area contributed by atoms with Crippen molar-refractivity contribution >= 4 is 17.5 Å². The van der Waals surface area contributed by atoms with E-state index in [1.165, 1.54) is 17.3 Å². The van der Waals surface area contributed by atoms with Gasteiger partial charge in [0.15, 0.2) is 5.16 Å². The van der Waals surface area contributed by atoms with Crippen LogP contribution in [0.2, 0.25) is 0 Å². The zero-order valence-corrected chi connectivity index (χ0v) is 15.1. The second-order valence-electron chi connectivity index (χ2n) is 6.80. The summed E-state index contributed by atoms with van der Waals surface area (Å²) >= 11 is 1.48. The van der Waals surface area contributed by atoms with E-state index in [9.17, 15) is 4.79 Å². The van der Waals surface area contributed by atoms with E-state index in [1.54, 1.807) is 9.08 Å². The van der Waals surface area contributed by atoms with Gasteiger partial charge in [-0.05, 0) is 25.2 Å². The molecule has 2 aromatic heterocycles. The number of nitrogens with zero attached hydrogens (tertiary/aromatic N) is 4. The van der Waals surface area contributed by atoms with Crippen molar-refractivity contribution in [3.05, 3.63) is 45.7 Å². The minimum absolute atomic E-state index is 0.0125. The fourth-order valence-electron chi connectivity index (χ4n) is 3.67. The van der Waals surface area contributed by atoms with Crippen molar-refractivity contribution in [2.75, 3.05) is 6.26 Å². The summed E-state index contributed by atoms with van der Waals surface area (Å²) in [5, 5.41) is 5.24. The van der Waals surface area contributed by atoms with Crippen molar-refractivity contribution in [2.45, 2.75) is 44.3 Å². The molecule has 0 unspecified atom stereocenters. The number of thioether (sulfide) groups is 1. The van der Waals surface area contributed by atoms with Crippen LogP contribution in [-0.4, -0.2) is 25.4 Å². The smallest absolute Gasteiger partial charge is 0.265 e. The molecule has 0 saturated heterocycles. The summed E-state index contributed by atoms with van der Waals surface area (Å²) in [5.74, 6) is 0.623. The molecule has 0 atom stereocenters. The molecular formula is C18H20N4OS. The van der Waals surface area contributed by atoms with Crippen LogP contribution in [0.3, 0.4) is 0 Å². The third-order valence-electron chi connectivity index (χ3n) is 4.76. The average Bonchev–Trinajstić information content (AvgIpc) is 2.92. The molecule has 24 heavy (non-hydrogen) atoms. The van der Waals surface area contributed by atoms with Crippen molar-refractivity contribution in [1.29, 1.82) is 0 Å². The molecule has 1 aromatic carbocycles. The second kappa shape index (κ2) is 5.21. The molecule has 4 rings (SSSR count). The Morgan fingerprint density at radius 2 is 2.04 bits per heavy atom. The largest absolute Gasteiger partial charge is 0.268 e. The second-order valence-corrected chi connectivity index (χ2v) is 7.57. The Morgan fingerprint density at radius 1 is 1.29 bits per heavy atom. The van der Waals surface area contributed by atoms with Crippen molar-refractivity contribution in [3.8, 4) is 11.3 Å². The molecule has 1 aliphatic rings. The Morgan fingerprint density at radius 3 is 2.75 bits per heavy atom. The SMILES string of the molecule is CCn1nc(SC)n2c(=O)c3c(nc12)-c1ccccc1CC3(C)C. The van der Waals surface area contributed by atoms with E-state index in [2.05, 4.69) is 31.1 Å². The van der Waals surface area contributed by atoms with Gasteiger partial charge in [0, 0.05) is 17.5 Å². The average molecular weight is 340 g/mol. The summed E-state index contributed by atoms with van der Waals surface area (Å²) in [7, 11) is 0. The summed E-state index contributed by atoms with van der Waals surface area (Å²) in [4.78, 5) is 18.3. The van der Waals surface area contributed by atoms with Gasteiger partial charge in [-0.3, -0.25) is 4.79 Å². The van der Waals surface area contributed by atoms with Crippen LogP contribution in [0, 0.1) is 0 Å².